The Morgan fingerprint density at radius 3 is 2.40 bits per heavy atom. The molecule has 0 aromatic carbocycles. The van der Waals surface area contributed by atoms with Crippen LogP contribution in [0.25, 0.3) is 11.2 Å². The molecule has 0 saturated carbocycles. The fraction of sp³-hybridized carbons (Fsp3) is 0.571. The van der Waals surface area contributed by atoms with Gasteiger partial charge in [-0.25, -0.2) is 13.6 Å². The normalized spacial score (nSPS) is 26.4. The third-order valence-electron chi connectivity index (χ3n) is 6.92. The molecule has 0 amide bonds. The first kappa shape index (κ1) is 35.6. The highest BCUT2D eigenvalue weighted by Crippen LogP contribution is 2.57. The fourth-order valence-corrected chi connectivity index (χ4v) is 7.17. The van der Waals surface area contributed by atoms with Crippen LogP contribution < -0.4 is 33.2 Å². The van der Waals surface area contributed by atoms with Gasteiger partial charge in [0.15, 0.2) is 23.2 Å². The number of fused-ring (bicyclic) bond motifs is 1. The summed E-state index contributed by atoms with van der Waals surface area (Å²) in [4.78, 5) is 71.3. The summed E-state index contributed by atoms with van der Waals surface area (Å²) < 4.78 is 38.8. The van der Waals surface area contributed by atoms with Crippen molar-refractivity contribution in [1.82, 2.24) is 29.5 Å². The molecule has 0 spiro atoms. The maximum absolute atomic E-state index is 12.1. The van der Waals surface area contributed by atoms with E-state index >= 15 is 0 Å². The van der Waals surface area contributed by atoms with Crippen LogP contribution in [0.3, 0.4) is 0 Å². The molecular formula is C21H33N10O13P3. The van der Waals surface area contributed by atoms with Crippen molar-refractivity contribution in [2.24, 2.45) is 0 Å². The van der Waals surface area contributed by atoms with Gasteiger partial charge >= 0.3 is 25.8 Å². The largest absolute Gasteiger partial charge is 0.386 e. The predicted molar refractivity (Wildman–Crippen MR) is 165 cm³/mol. The number of hydrogen-bond donors (Lipinski definition) is 10. The van der Waals surface area contributed by atoms with E-state index in [0.29, 0.717) is 12.8 Å². The lowest BCUT2D eigenvalue weighted by molar-refractivity contribution is -0.0303. The van der Waals surface area contributed by atoms with Gasteiger partial charge in [-0.15, -0.1) is 0 Å². The number of imidazole rings is 1. The molecule has 2 fully saturated rings. The molecule has 9 atom stereocenters. The smallest absolute Gasteiger partial charge is 0.344 e. The number of aliphatic hydroxyl groups excluding tert-OH is 1. The predicted octanol–water partition coefficient (Wildman–Crippen LogP) is -0.976. The van der Waals surface area contributed by atoms with Gasteiger partial charge in [-0.05, 0) is 12.8 Å². The Labute approximate surface area is 267 Å². The lowest BCUT2D eigenvalue weighted by atomic mass is 10.1. The summed E-state index contributed by atoms with van der Waals surface area (Å²) in [5.74, 6) is -0.218. The molecule has 260 valence electrons. The van der Waals surface area contributed by atoms with Gasteiger partial charge in [0.25, 0.3) is 11.1 Å². The van der Waals surface area contributed by atoms with Crippen LogP contribution in [0.4, 0.5) is 23.4 Å². The second-order valence-electron chi connectivity index (χ2n) is 9.89. The number of nitrogens with zero attached hydrogens (tertiary/aromatic N) is 4. The zero-order valence-electron chi connectivity index (χ0n) is 24.6. The minimum Gasteiger partial charge on any atom is -0.386 e. The summed E-state index contributed by atoms with van der Waals surface area (Å²) in [7, 11) is -5.41. The van der Waals surface area contributed by atoms with E-state index in [1.807, 2.05) is 0 Å². The van der Waals surface area contributed by atoms with Crippen LogP contribution in [0.1, 0.15) is 19.1 Å². The van der Waals surface area contributed by atoms with E-state index in [0.717, 1.165) is 0 Å². The van der Waals surface area contributed by atoms with E-state index < -0.39 is 73.8 Å². The molecule has 2 aliphatic rings. The van der Waals surface area contributed by atoms with E-state index in [4.69, 9.17) is 43.3 Å². The second kappa shape index (κ2) is 15.7. The first-order chi connectivity index (χ1) is 22.5. The highest BCUT2D eigenvalue weighted by molar-refractivity contribution is 7.60. The van der Waals surface area contributed by atoms with Gasteiger partial charge < -0.3 is 65.1 Å². The molecule has 2 aliphatic heterocycles. The molecule has 0 bridgehead atoms. The first-order valence-electron chi connectivity index (χ1n) is 13.6. The van der Waals surface area contributed by atoms with Crippen LogP contribution in [0.15, 0.2) is 15.9 Å². The van der Waals surface area contributed by atoms with Crippen molar-refractivity contribution >= 4 is 60.4 Å². The molecule has 23 nitrogen and oxygen atoms in total. The van der Waals surface area contributed by atoms with Crippen LogP contribution >= 0.6 is 25.8 Å². The van der Waals surface area contributed by atoms with Gasteiger partial charge in [-0.1, -0.05) is 0 Å². The third kappa shape index (κ3) is 8.48. The Morgan fingerprint density at radius 1 is 1.02 bits per heavy atom. The van der Waals surface area contributed by atoms with Crippen LogP contribution in [0.5, 0.6) is 0 Å². The first-order valence-corrected chi connectivity index (χ1v) is 17.0. The Morgan fingerprint density at radius 2 is 1.70 bits per heavy atom. The van der Waals surface area contributed by atoms with Gasteiger partial charge in [-0.3, -0.25) is 24.1 Å². The van der Waals surface area contributed by atoms with Crippen molar-refractivity contribution in [2.75, 3.05) is 49.5 Å². The average molecular weight is 726 g/mol. The Kier molecular flexibility index (Phi) is 11.9. The van der Waals surface area contributed by atoms with Gasteiger partial charge in [-0.2, -0.15) is 9.97 Å². The van der Waals surface area contributed by atoms with Gasteiger partial charge in [0.05, 0.1) is 25.6 Å². The topological polar surface area (TPSA) is 331 Å². The van der Waals surface area contributed by atoms with E-state index in [-0.39, 0.29) is 47.8 Å². The van der Waals surface area contributed by atoms with Gasteiger partial charge in [0, 0.05) is 14.2 Å². The molecule has 2 saturated heterocycles. The Balaban J connectivity index is 1.04. The molecule has 26 heteroatoms. The third-order valence-corrected chi connectivity index (χ3v) is 9.89. The standard InChI is InChI=1S/C21H33N10O13P3/c1-24-11-15(27-20(22)29-17(11)33)26-19-13(32)14(38-2)9(42-19)6-40-46(36)44-47(37)43-45(35)39-5-8-3-4-10(41-8)31-7-25-12-16(31)28-21(23)30-18(12)34/h7-10,13-14,19,24,32,35-37H,3-6H2,1-2H3,(H3,23,28,30,34)(H4,22,26,27,29,33). The van der Waals surface area contributed by atoms with Crippen molar-refractivity contribution in [1.29, 1.82) is 0 Å². The van der Waals surface area contributed by atoms with Crippen molar-refractivity contribution in [3.8, 4) is 0 Å². The van der Waals surface area contributed by atoms with Gasteiger partial charge in [0.2, 0.25) is 11.9 Å². The number of nitrogens with two attached hydrogens (primary N) is 2. The molecule has 9 unspecified atom stereocenters. The summed E-state index contributed by atoms with van der Waals surface area (Å²) in [5.41, 5.74) is 10.6. The van der Waals surface area contributed by atoms with Crippen LogP contribution in [-0.2, 0) is 31.9 Å². The molecule has 0 radical (unpaired) electrons. The highest BCUT2D eigenvalue weighted by Gasteiger charge is 2.45. The zero-order valence-corrected chi connectivity index (χ0v) is 27.3. The number of nitrogen functional groups attached to an aromatic ring is 2. The number of rotatable bonds is 15. The van der Waals surface area contributed by atoms with Gasteiger partial charge in [0.1, 0.15) is 30.2 Å². The number of anilines is 4. The number of nitrogens with one attached hydrogen (secondary N) is 4. The number of H-pyrrole nitrogens is 2. The Bertz CT molecular complexity index is 1630. The molecule has 0 aliphatic carbocycles. The van der Waals surface area contributed by atoms with Crippen molar-refractivity contribution in [3.05, 3.63) is 27.0 Å². The highest BCUT2D eigenvalue weighted by atomic mass is 31.3. The number of aromatic amines is 2. The quantitative estimate of drug-likeness (QED) is 0.0841. The summed E-state index contributed by atoms with van der Waals surface area (Å²) in [6.07, 6.45) is -2.80. The lowest BCUT2D eigenvalue weighted by Crippen LogP contribution is -2.38. The van der Waals surface area contributed by atoms with E-state index in [2.05, 4.69) is 35.6 Å². The number of aliphatic hydroxyl groups is 1. The van der Waals surface area contributed by atoms with Crippen molar-refractivity contribution in [3.63, 3.8) is 0 Å². The minimum atomic E-state index is -2.84. The SMILES string of the molecule is CNc1c(NC2OC(COP(O)OP(O)OP(O)OCC3CCC(n4cnc5c(=O)[nH]c(N)nc54)O3)C(OC)C2O)nc(N)[nH]c1=O. The van der Waals surface area contributed by atoms with E-state index in [1.165, 1.54) is 20.5 Å². The summed E-state index contributed by atoms with van der Waals surface area (Å²) in [5, 5.41) is 16.2. The minimum absolute atomic E-state index is 0.0135. The molecule has 5 heterocycles. The summed E-state index contributed by atoms with van der Waals surface area (Å²) in [6, 6.07) is 0. The molecule has 5 rings (SSSR count). The van der Waals surface area contributed by atoms with E-state index in [9.17, 15) is 29.4 Å². The monoisotopic (exact) mass is 726 g/mol. The molecule has 3 aromatic rings. The van der Waals surface area contributed by atoms with Crippen LogP contribution in [0, 0.1) is 0 Å². The average Bonchev–Trinajstić information content (AvgIpc) is 3.72. The number of hydrogen-bond acceptors (Lipinski definition) is 20. The van der Waals surface area contributed by atoms with Crippen molar-refractivity contribution in [2.45, 2.75) is 49.7 Å². The van der Waals surface area contributed by atoms with Crippen LogP contribution in [0.2, 0.25) is 0 Å². The maximum atomic E-state index is 12.1. The summed E-state index contributed by atoms with van der Waals surface area (Å²) in [6.45, 7) is -0.477. The number of methoxy groups -OCH3 is 1. The molecule has 3 aromatic heterocycles. The molecule has 12 N–H and O–H groups in total. The lowest BCUT2D eigenvalue weighted by Gasteiger charge is -2.20. The molecule has 47 heavy (non-hydrogen) atoms. The maximum Gasteiger partial charge on any atom is 0.344 e. The second-order valence-corrected chi connectivity index (χ2v) is 13.1. The van der Waals surface area contributed by atoms with Crippen molar-refractivity contribution < 1.29 is 51.7 Å². The zero-order chi connectivity index (χ0) is 33.8. The van der Waals surface area contributed by atoms with Crippen LogP contribution in [-0.4, -0.2) is 107 Å². The fourth-order valence-electron chi connectivity index (χ4n) is 4.88. The Hall–Kier alpha value is -2.72. The number of aromatic nitrogens is 6. The summed E-state index contributed by atoms with van der Waals surface area (Å²) >= 11 is 0. The van der Waals surface area contributed by atoms with E-state index in [1.54, 1.807) is 4.57 Å². The number of ether oxygens (including phenoxy) is 3. The molecular weight excluding hydrogens is 693 g/mol.